The molecular formula is C91H140Si2. The van der Waals surface area contributed by atoms with E-state index in [2.05, 4.69) is 389 Å². The van der Waals surface area contributed by atoms with Gasteiger partial charge in [-0.15, -0.1) is 0 Å². The topological polar surface area (TPSA) is 0 Å². The Bertz CT molecular complexity index is 3300. The van der Waals surface area contributed by atoms with Gasteiger partial charge >= 0.3 is 0 Å². The van der Waals surface area contributed by atoms with Crippen LogP contribution in [0.5, 0.6) is 0 Å². The maximum Gasteiger partial charge on any atom is 0.0775 e. The zero-order valence-corrected chi connectivity index (χ0v) is 68.2. The SMILES string of the molecule is CCC(C)(C(C)(C)CC(c1ccc([Si](C)(C)C)cc1)C(C)(C)C(C)(C)C(c1ccccc1)C(C)C)C(C)(CC(C)(C)C(C)(C)C(C)(c1ccccc1)C(C)(C)C(C)(C)CC(c1ccc([Si](C)(C)C)cc1)C(C)(C)C(C)(C)CC(c1ccccc1)C(C)C)c1ccccc1. The second-order valence-corrected chi connectivity index (χ2v) is 49.0. The molecule has 6 rings (SSSR count). The van der Waals surface area contributed by atoms with Crippen molar-refractivity contribution in [3.05, 3.63) is 203 Å². The normalized spacial score (nSPS) is 17.3. The minimum absolute atomic E-state index is 0.00532. The molecule has 0 fully saturated rings. The van der Waals surface area contributed by atoms with Gasteiger partial charge in [0.2, 0.25) is 0 Å². The van der Waals surface area contributed by atoms with E-state index in [9.17, 15) is 0 Å². The number of benzene rings is 6. The van der Waals surface area contributed by atoms with E-state index in [-0.39, 0.29) is 70.9 Å². The lowest BCUT2D eigenvalue weighted by Crippen LogP contribution is -2.63. The van der Waals surface area contributed by atoms with Gasteiger partial charge in [0.1, 0.15) is 0 Å². The van der Waals surface area contributed by atoms with Gasteiger partial charge in [0, 0.05) is 5.41 Å². The van der Waals surface area contributed by atoms with E-state index in [1.165, 1.54) is 43.8 Å². The Hall–Kier alpha value is -4.25. The van der Waals surface area contributed by atoms with Crippen LogP contribution >= 0.6 is 0 Å². The summed E-state index contributed by atoms with van der Waals surface area (Å²) in [5.41, 5.74) is 6.87. The summed E-state index contributed by atoms with van der Waals surface area (Å²) in [6.07, 6.45) is 5.32. The van der Waals surface area contributed by atoms with E-state index in [1.54, 1.807) is 0 Å². The molecular weight excluding hydrogens is 1150 g/mol. The molecule has 0 aliphatic heterocycles. The van der Waals surface area contributed by atoms with E-state index in [0.717, 1.165) is 32.1 Å². The smallest absolute Gasteiger partial charge is 0.0656 e. The zero-order chi connectivity index (χ0) is 70.4. The van der Waals surface area contributed by atoms with Gasteiger partial charge in [0.25, 0.3) is 0 Å². The predicted molar refractivity (Wildman–Crippen MR) is 421 cm³/mol. The highest BCUT2D eigenvalue weighted by atomic mass is 28.3. The Morgan fingerprint density at radius 2 is 0.677 bits per heavy atom. The lowest BCUT2D eigenvalue weighted by molar-refractivity contribution is -0.129. The van der Waals surface area contributed by atoms with Crippen LogP contribution < -0.4 is 10.4 Å². The molecule has 0 N–H and O–H groups in total. The molecule has 0 heterocycles. The second kappa shape index (κ2) is 27.6. The Morgan fingerprint density at radius 1 is 0.323 bits per heavy atom. The highest BCUT2D eigenvalue weighted by Crippen LogP contribution is 2.72. The summed E-state index contributed by atoms with van der Waals surface area (Å²) in [6, 6.07) is 67.2. The van der Waals surface area contributed by atoms with Crippen molar-refractivity contribution in [3.8, 4) is 0 Å². The van der Waals surface area contributed by atoms with Crippen molar-refractivity contribution in [2.75, 3.05) is 0 Å². The largest absolute Gasteiger partial charge is 0.0775 e. The lowest BCUT2D eigenvalue weighted by Gasteiger charge is -2.67. The molecule has 7 atom stereocenters. The van der Waals surface area contributed by atoms with Crippen LogP contribution in [0.3, 0.4) is 0 Å². The van der Waals surface area contributed by atoms with Gasteiger partial charge in [-0.2, -0.15) is 0 Å². The third-order valence-corrected chi connectivity index (χ3v) is 33.3. The molecule has 0 bridgehead atoms. The Labute approximate surface area is 578 Å². The van der Waals surface area contributed by atoms with Gasteiger partial charge in [-0.3, -0.25) is 0 Å². The van der Waals surface area contributed by atoms with Crippen LogP contribution in [0.15, 0.2) is 170 Å². The van der Waals surface area contributed by atoms with Crippen molar-refractivity contribution in [1.29, 1.82) is 0 Å². The first-order valence-corrected chi connectivity index (χ1v) is 43.8. The molecule has 6 aromatic rings. The van der Waals surface area contributed by atoms with E-state index in [4.69, 9.17) is 0 Å². The Balaban J connectivity index is 1.55. The Morgan fingerprint density at radius 3 is 1.05 bits per heavy atom. The fraction of sp³-hybridized carbons (Fsp3) is 0.604. The molecule has 6 aromatic carbocycles. The van der Waals surface area contributed by atoms with Crippen LogP contribution in [0.4, 0.5) is 0 Å². The fourth-order valence-corrected chi connectivity index (χ4v) is 21.5. The molecule has 93 heavy (non-hydrogen) atoms. The molecule has 0 spiro atoms. The maximum absolute atomic E-state index is 2.74. The molecule has 0 nitrogen and oxygen atoms in total. The summed E-state index contributed by atoms with van der Waals surface area (Å²) in [6.45, 7) is 83.5. The summed E-state index contributed by atoms with van der Waals surface area (Å²) in [5, 5.41) is 3.07. The van der Waals surface area contributed by atoms with Crippen molar-refractivity contribution in [3.63, 3.8) is 0 Å². The van der Waals surface area contributed by atoms with E-state index in [1.807, 2.05) is 0 Å². The van der Waals surface area contributed by atoms with Gasteiger partial charge in [0.15, 0.2) is 0 Å². The maximum atomic E-state index is 2.74. The highest BCUT2D eigenvalue weighted by Gasteiger charge is 2.66. The average molecular weight is 1290 g/mol. The van der Waals surface area contributed by atoms with Crippen molar-refractivity contribution in [2.45, 2.75) is 286 Å². The van der Waals surface area contributed by atoms with E-state index in [0.29, 0.717) is 29.6 Å². The van der Waals surface area contributed by atoms with Crippen molar-refractivity contribution >= 4 is 26.5 Å². The first kappa shape index (κ1) is 77.8. The molecule has 512 valence electrons. The summed E-state index contributed by atoms with van der Waals surface area (Å²) in [7, 11) is -3.10. The highest BCUT2D eigenvalue weighted by molar-refractivity contribution is 6.89. The van der Waals surface area contributed by atoms with Crippen molar-refractivity contribution in [2.24, 2.45) is 66.0 Å². The van der Waals surface area contributed by atoms with Gasteiger partial charge < -0.3 is 0 Å². The van der Waals surface area contributed by atoms with Gasteiger partial charge in [-0.1, -0.05) is 400 Å². The first-order chi connectivity index (χ1) is 42.4. The van der Waals surface area contributed by atoms with Crippen LogP contribution in [-0.4, -0.2) is 16.1 Å². The van der Waals surface area contributed by atoms with E-state index >= 15 is 0 Å². The van der Waals surface area contributed by atoms with Gasteiger partial charge in [0.05, 0.1) is 16.1 Å². The van der Waals surface area contributed by atoms with Gasteiger partial charge in [-0.05, 0) is 161 Å². The van der Waals surface area contributed by atoms with Crippen LogP contribution in [0.25, 0.3) is 0 Å². The molecule has 0 saturated carbocycles. The molecule has 2 heteroatoms. The Kier molecular flexibility index (Phi) is 23.1. The third kappa shape index (κ3) is 14.7. The fourth-order valence-electron chi connectivity index (χ4n) is 19.1. The average Bonchev–Trinajstić information content (AvgIpc) is 0.697. The molecule has 0 radical (unpaired) electrons. The summed E-state index contributed by atoms with van der Waals surface area (Å²) in [4.78, 5) is 0. The number of rotatable bonds is 30. The standard InChI is InChI=1S/C91H140Si2/c1-33-90(25,82(10,11)64-78(70-56-60-75(61-57-70)93(30,31)32)85(16,17)86(18,19)79(67(4)5)71-48-40-35-41-49-71)89(24,72-50-42-36-43-51-72)65-83(12,13)88(22,23)91(26,73-52-44-37-45-53-73)87(20,21)81(8,9)63-77(69-54-58-74(59-55-69)92(27,28)29)84(14,15)80(6,7)62-76(66(2)3)68-46-38-34-39-47-68/h34-61,66-67,76-79H,33,62-65H2,1-32H3. The molecule has 0 saturated heterocycles. The van der Waals surface area contributed by atoms with Crippen molar-refractivity contribution in [1.82, 2.24) is 0 Å². The first-order valence-electron chi connectivity index (χ1n) is 36.8. The predicted octanol–water partition coefficient (Wildman–Crippen LogP) is 26.7. The molecule has 7 unspecified atom stereocenters. The number of hydrogen-bond donors (Lipinski definition) is 0. The lowest BCUT2D eigenvalue weighted by atomic mass is 9.36. The van der Waals surface area contributed by atoms with Crippen LogP contribution in [0, 0.1) is 66.0 Å². The summed E-state index contributed by atoms with van der Waals surface area (Å²) < 4.78 is 0. The van der Waals surface area contributed by atoms with E-state index < -0.39 is 16.1 Å². The monoisotopic (exact) mass is 1290 g/mol. The van der Waals surface area contributed by atoms with Crippen LogP contribution in [0.2, 0.25) is 39.3 Å². The quantitative estimate of drug-likeness (QED) is 0.0394. The van der Waals surface area contributed by atoms with Crippen LogP contribution in [-0.2, 0) is 10.8 Å². The minimum atomic E-state index is -1.55. The van der Waals surface area contributed by atoms with Gasteiger partial charge in [-0.25, -0.2) is 0 Å². The zero-order valence-electron chi connectivity index (χ0n) is 66.2. The minimum Gasteiger partial charge on any atom is -0.0656 e. The summed E-state index contributed by atoms with van der Waals surface area (Å²) in [5.74, 6) is 2.39. The van der Waals surface area contributed by atoms with Crippen molar-refractivity contribution < 1.29 is 0 Å². The molecule has 0 amide bonds. The molecule has 0 aliphatic carbocycles. The number of hydrogen-bond acceptors (Lipinski definition) is 0. The third-order valence-electron chi connectivity index (χ3n) is 29.2. The second-order valence-electron chi connectivity index (χ2n) is 38.9. The van der Waals surface area contributed by atoms with Crippen LogP contribution in [0.1, 0.15) is 269 Å². The summed E-state index contributed by atoms with van der Waals surface area (Å²) >= 11 is 0. The molecule has 0 aromatic heterocycles. The molecule has 0 aliphatic rings.